The van der Waals surface area contributed by atoms with Crippen molar-refractivity contribution in [3.05, 3.63) is 28.0 Å². The number of hydrogen-bond donors (Lipinski definition) is 0. The van der Waals surface area contributed by atoms with Crippen LogP contribution in [0.15, 0.2) is 11.6 Å². The van der Waals surface area contributed by atoms with Crippen LogP contribution in [0.2, 0.25) is 0 Å². The van der Waals surface area contributed by atoms with Crippen molar-refractivity contribution in [1.82, 2.24) is 29.8 Å². The van der Waals surface area contributed by atoms with E-state index in [0.717, 1.165) is 36.0 Å². The zero-order chi connectivity index (χ0) is 17.1. The average molecular weight is 350 g/mol. The van der Waals surface area contributed by atoms with Crippen molar-refractivity contribution in [2.75, 3.05) is 33.9 Å². The number of thiazole rings is 1. The molecule has 1 atom stereocenters. The number of amides is 1. The minimum absolute atomic E-state index is 0.0335. The SMILES string of the molecule is CN(C)C(=O)COCC1CN(Cc2nccs2)Cc2nnn(C)c21. The van der Waals surface area contributed by atoms with Crippen LogP contribution in [-0.4, -0.2) is 69.5 Å². The third-order valence-corrected chi connectivity index (χ3v) is 4.83. The molecule has 0 fully saturated rings. The van der Waals surface area contributed by atoms with E-state index in [2.05, 4.69) is 20.2 Å². The largest absolute Gasteiger partial charge is 0.371 e. The van der Waals surface area contributed by atoms with E-state index in [1.54, 1.807) is 25.4 Å². The van der Waals surface area contributed by atoms with Gasteiger partial charge in [-0.05, 0) is 0 Å². The Hall–Kier alpha value is -1.84. The number of rotatable bonds is 6. The van der Waals surface area contributed by atoms with E-state index in [-0.39, 0.29) is 18.4 Å². The van der Waals surface area contributed by atoms with Gasteiger partial charge in [0.2, 0.25) is 5.91 Å². The summed E-state index contributed by atoms with van der Waals surface area (Å²) in [6.45, 7) is 2.96. The summed E-state index contributed by atoms with van der Waals surface area (Å²) >= 11 is 1.65. The predicted octanol–water partition coefficient (Wildman–Crippen LogP) is 0.476. The van der Waals surface area contributed by atoms with Crippen molar-refractivity contribution in [3.8, 4) is 0 Å². The number of aromatic nitrogens is 4. The first-order valence-corrected chi connectivity index (χ1v) is 8.69. The third-order valence-electron chi connectivity index (χ3n) is 4.07. The Morgan fingerprint density at radius 2 is 2.33 bits per heavy atom. The van der Waals surface area contributed by atoms with Gasteiger partial charge < -0.3 is 9.64 Å². The lowest BCUT2D eigenvalue weighted by atomic mass is 9.99. The summed E-state index contributed by atoms with van der Waals surface area (Å²) in [5.41, 5.74) is 2.08. The van der Waals surface area contributed by atoms with Crippen molar-refractivity contribution in [2.24, 2.45) is 7.05 Å². The molecule has 8 nitrogen and oxygen atoms in total. The highest BCUT2D eigenvalue weighted by molar-refractivity contribution is 7.09. The molecule has 1 aliphatic heterocycles. The van der Waals surface area contributed by atoms with E-state index in [1.807, 2.05) is 23.3 Å². The molecule has 0 radical (unpaired) electrons. The van der Waals surface area contributed by atoms with Crippen LogP contribution < -0.4 is 0 Å². The molecule has 3 heterocycles. The predicted molar refractivity (Wildman–Crippen MR) is 89.5 cm³/mol. The first-order valence-electron chi connectivity index (χ1n) is 7.81. The molecule has 24 heavy (non-hydrogen) atoms. The van der Waals surface area contributed by atoms with Gasteiger partial charge in [-0.3, -0.25) is 14.4 Å². The Morgan fingerprint density at radius 3 is 3.04 bits per heavy atom. The van der Waals surface area contributed by atoms with E-state index in [0.29, 0.717) is 6.61 Å². The summed E-state index contributed by atoms with van der Waals surface area (Å²) in [5.74, 6) is 0.109. The second-order valence-corrected chi connectivity index (χ2v) is 7.12. The lowest BCUT2D eigenvalue weighted by molar-refractivity contribution is -0.133. The molecular formula is C15H22N6O2S. The third kappa shape index (κ3) is 3.80. The maximum absolute atomic E-state index is 11.7. The lowest BCUT2D eigenvalue weighted by Gasteiger charge is -2.31. The summed E-state index contributed by atoms with van der Waals surface area (Å²) in [6.07, 6.45) is 1.82. The standard InChI is InChI=1S/C15H22N6O2S/c1-19(2)14(22)10-23-9-11-6-21(8-13-16-4-5-24-13)7-12-15(11)20(3)18-17-12/h4-5,11H,6-10H2,1-3H3. The van der Waals surface area contributed by atoms with Gasteiger partial charge in [0.15, 0.2) is 0 Å². The second kappa shape index (κ2) is 7.37. The van der Waals surface area contributed by atoms with Crippen LogP contribution in [0.25, 0.3) is 0 Å². The molecule has 0 saturated carbocycles. The topological polar surface area (TPSA) is 76.4 Å². The Bertz CT molecular complexity index is 684. The van der Waals surface area contributed by atoms with Gasteiger partial charge in [-0.15, -0.1) is 16.4 Å². The van der Waals surface area contributed by atoms with Crippen LogP contribution in [0.5, 0.6) is 0 Å². The van der Waals surface area contributed by atoms with Gasteiger partial charge in [-0.25, -0.2) is 4.98 Å². The molecule has 1 unspecified atom stereocenters. The molecule has 0 aliphatic carbocycles. The highest BCUT2D eigenvalue weighted by Gasteiger charge is 2.30. The molecule has 2 aromatic heterocycles. The van der Waals surface area contributed by atoms with Gasteiger partial charge in [0.25, 0.3) is 0 Å². The number of aryl methyl sites for hydroxylation is 1. The van der Waals surface area contributed by atoms with E-state index >= 15 is 0 Å². The maximum atomic E-state index is 11.7. The van der Waals surface area contributed by atoms with Crippen LogP contribution in [-0.2, 0) is 29.7 Å². The fourth-order valence-corrected chi connectivity index (χ4v) is 3.54. The van der Waals surface area contributed by atoms with Crippen molar-refractivity contribution >= 4 is 17.2 Å². The number of carbonyl (C=O) groups excluding carboxylic acids is 1. The van der Waals surface area contributed by atoms with Crippen molar-refractivity contribution in [2.45, 2.75) is 19.0 Å². The number of fused-ring (bicyclic) bond motifs is 1. The van der Waals surface area contributed by atoms with Gasteiger partial charge in [-0.1, -0.05) is 5.21 Å². The van der Waals surface area contributed by atoms with E-state index in [9.17, 15) is 4.79 Å². The van der Waals surface area contributed by atoms with Crippen LogP contribution in [0, 0.1) is 0 Å². The highest BCUT2D eigenvalue weighted by atomic mass is 32.1. The molecule has 1 aliphatic rings. The average Bonchev–Trinajstić information content (AvgIpc) is 3.17. The minimum atomic E-state index is -0.0335. The molecular weight excluding hydrogens is 328 g/mol. The molecule has 0 N–H and O–H groups in total. The first kappa shape index (κ1) is 17.0. The normalized spacial score (nSPS) is 17.7. The van der Waals surface area contributed by atoms with E-state index in [4.69, 9.17) is 4.74 Å². The maximum Gasteiger partial charge on any atom is 0.248 e. The molecule has 2 aromatic rings. The number of nitrogens with zero attached hydrogens (tertiary/aromatic N) is 6. The minimum Gasteiger partial charge on any atom is -0.371 e. The van der Waals surface area contributed by atoms with Crippen LogP contribution >= 0.6 is 11.3 Å². The van der Waals surface area contributed by atoms with Gasteiger partial charge in [0.05, 0.1) is 18.8 Å². The number of ether oxygens (including phenoxy) is 1. The number of hydrogen-bond acceptors (Lipinski definition) is 7. The molecule has 9 heteroatoms. The molecule has 1 amide bonds. The molecule has 0 bridgehead atoms. The summed E-state index contributed by atoms with van der Waals surface area (Å²) < 4.78 is 7.48. The molecule has 130 valence electrons. The highest BCUT2D eigenvalue weighted by Crippen LogP contribution is 2.28. The summed E-state index contributed by atoms with van der Waals surface area (Å²) in [6, 6.07) is 0. The van der Waals surface area contributed by atoms with Crippen molar-refractivity contribution < 1.29 is 9.53 Å². The van der Waals surface area contributed by atoms with E-state index in [1.165, 1.54) is 4.90 Å². The van der Waals surface area contributed by atoms with E-state index < -0.39 is 0 Å². The second-order valence-electron chi connectivity index (χ2n) is 6.14. The number of likely N-dealkylation sites (N-methyl/N-ethyl adjacent to an activating group) is 1. The van der Waals surface area contributed by atoms with Crippen LogP contribution in [0.3, 0.4) is 0 Å². The fraction of sp³-hybridized carbons (Fsp3) is 0.600. The Kier molecular flexibility index (Phi) is 5.22. The monoisotopic (exact) mass is 350 g/mol. The van der Waals surface area contributed by atoms with Gasteiger partial charge >= 0.3 is 0 Å². The Labute approximate surface area is 145 Å². The fourth-order valence-electron chi connectivity index (χ4n) is 2.89. The van der Waals surface area contributed by atoms with Gasteiger partial charge in [0, 0.05) is 51.7 Å². The smallest absolute Gasteiger partial charge is 0.248 e. The molecule has 0 saturated heterocycles. The lowest BCUT2D eigenvalue weighted by Crippen LogP contribution is -2.36. The van der Waals surface area contributed by atoms with Crippen LogP contribution in [0.1, 0.15) is 22.3 Å². The van der Waals surface area contributed by atoms with Crippen LogP contribution in [0.4, 0.5) is 0 Å². The molecule has 0 aromatic carbocycles. The molecule has 3 rings (SSSR count). The zero-order valence-corrected chi connectivity index (χ0v) is 15.0. The summed E-state index contributed by atoms with van der Waals surface area (Å²) in [7, 11) is 5.36. The number of carbonyl (C=O) groups is 1. The first-order chi connectivity index (χ1) is 11.5. The summed E-state index contributed by atoms with van der Waals surface area (Å²) in [5, 5.41) is 11.5. The van der Waals surface area contributed by atoms with Crippen molar-refractivity contribution in [3.63, 3.8) is 0 Å². The Balaban J connectivity index is 1.66. The van der Waals surface area contributed by atoms with Crippen molar-refractivity contribution in [1.29, 1.82) is 0 Å². The summed E-state index contributed by atoms with van der Waals surface area (Å²) in [4.78, 5) is 19.9. The quantitative estimate of drug-likeness (QED) is 0.754. The zero-order valence-electron chi connectivity index (χ0n) is 14.2. The van der Waals surface area contributed by atoms with Gasteiger partial charge in [0.1, 0.15) is 17.3 Å². The Morgan fingerprint density at radius 1 is 1.50 bits per heavy atom. The molecule has 0 spiro atoms. The van der Waals surface area contributed by atoms with Gasteiger partial charge in [-0.2, -0.15) is 0 Å².